The van der Waals surface area contributed by atoms with Gasteiger partial charge in [0.2, 0.25) is 0 Å². The molecule has 2 fully saturated rings. The molecular formula is C26H27O5PS. The highest BCUT2D eigenvalue weighted by molar-refractivity contribution is 7.99. The molecule has 0 amide bonds. The first-order valence-corrected chi connectivity index (χ1v) is 12.4. The third kappa shape index (κ3) is 5.50. The van der Waals surface area contributed by atoms with E-state index >= 15 is 0 Å². The molecule has 3 aromatic carbocycles. The van der Waals surface area contributed by atoms with Gasteiger partial charge in [-0.05, 0) is 17.7 Å². The summed E-state index contributed by atoms with van der Waals surface area (Å²) in [7, 11) is 2.39. The summed E-state index contributed by atoms with van der Waals surface area (Å²) in [6, 6.07) is 30.3. The lowest BCUT2D eigenvalue weighted by molar-refractivity contribution is -0.322. The third-order valence-electron chi connectivity index (χ3n) is 5.79. The van der Waals surface area contributed by atoms with Crippen molar-refractivity contribution in [1.29, 1.82) is 0 Å². The molecule has 33 heavy (non-hydrogen) atoms. The first-order chi connectivity index (χ1) is 16.3. The zero-order valence-corrected chi connectivity index (χ0v) is 20.0. The van der Waals surface area contributed by atoms with E-state index in [-0.39, 0.29) is 29.9 Å². The van der Waals surface area contributed by atoms with Gasteiger partial charge < -0.3 is 23.5 Å². The largest absolute Gasteiger partial charge is 0.368 e. The Morgan fingerprint density at radius 1 is 0.818 bits per heavy atom. The van der Waals surface area contributed by atoms with Crippen LogP contribution in [0, 0.1) is 0 Å². The van der Waals surface area contributed by atoms with Gasteiger partial charge in [-0.1, -0.05) is 90.6 Å². The van der Waals surface area contributed by atoms with Crippen LogP contribution in [0.1, 0.15) is 17.4 Å². The molecule has 0 aliphatic carbocycles. The Hall–Kier alpha value is -1.76. The van der Waals surface area contributed by atoms with Gasteiger partial charge in [-0.25, -0.2) is 0 Å². The van der Waals surface area contributed by atoms with Crippen molar-refractivity contribution in [3.8, 4) is 0 Å². The molecule has 2 saturated heterocycles. The highest BCUT2D eigenvalue weighted by Crippen LogP contribution is 2.41. The van der Waals surface area contributed by atoms with Gasteiger partial charge in [-0.3, -0.25) is 0 Å². The number of hydrogen-bond donors (Lipinski definition) is 0. The van der Waals surface area contributed by atoms with Gasteiger partial charge in [-0.2, -0.15) is 0 Å². The molecule has 2 heterocycles. The Labute approximate surface area is 201 Å². The molecular weight excluding hydrogens is 455 g/mol. The maximum atomic E-state index is 6.48. The van der Waals surface area contributed by atoms with Gasteiger partial charge >= 0.3 is 0 Å². The summed E-state index contributed by atoms with van der Waals surface area (Å²) in [5.74, 6) is 0. The van der Waals surface area contributed by atoms with E-state index in [1.165, 1.54) is 0 Å². The highest BCUT2D eigenvalue weighted by Gasteiger charge is 2.51. The summed E-state index contributed by atoms with van der Waals surface area (Å²) in [6.07, 6.45) is -1.74. The molecule has 3 aromatic rings. The van der Waals surface area contributed by atoms with Crippen molar-refractivity contribution in [2.45, 2.75) is 47.6 Å². The molecule has 5 nitrogen and oxygen atoms in total. The molecule has 2 aliphatic rings. The lowest BCUT2D eigenvalue weighted by atomic mass is 9.98. The van der Waals surface area contributed by atoms with E-state index in [0.29, 0.717) is 13.2 Å². The summed E-state index contributed by atoms with van der Waals surface area (Å²) in [4.78, 5) is 1.11. The van der Waals surface area contributed by atoms with Crippen LogP contribution in [0.5, 0.6) is 0 Å². The second kappa shape index (κ2) is 11.1. The molecule has 0 spiro atoms. The summed E-state index contributed by atoms with van der Waals surface area (Å²) >= 11 is 1.62. The standard InChI is InChI=1S/C26H27O5PS/c32-31-24-23(27-16-18-10-4-1-5-11-18)22-21(29-26(24)33-20-14-8-3-9-15-20)17-28-25(30-22)19-12-6-2-7-13-19/h1-15,21-26H,16-17,32H2/t21?,22-,23-,24?,25?,26-/m0/s1. The molecule has 4 unspecified atom stereocenters. The molecule has 0 saturated carbocycles. The van der Waals surface area contributed by atoms with Crippen molar-refractivity contribution < 1.29 is 23.5 Å². The first-order valence-electron chi connectivity index (χ1n) is 11.0. The topological polar surface area (TPSA) is 46.2 Å². The van der Waals surface area contributed by atoms with Gasteiger partial charge in [0.05, 0.1) is 13.2 Å². The highest BCUT2D eigenvalue weighted by atomic mass is 32.2. The van der Waals surface area contributed by atoms with Crippen molar-refractivity contribution >= 4 is 21.2 Å². The van der Waals surface area contributed by atoms with Crippen LogP contribution in [0.25, 0.3) is 0 Å². The number of fused-ring (bicyclic) bond motifs is 1. The van der Waals surface area contributed by atoms with Crippen LogP contribution in [0.15, 0.2) is 95.9 Å². The smallest absolute Gasteiger partial charge is 0.184 e. The lowest BCUT2D eigenvalue weighted by Crippen LogP contribution is -2.61. The maximum Gasteiger partial charge on any atom is 0.184 e. The summed E-state index contributed by atoms with van der Waals surface area (Å²) in [6.45, 7) is 0.882. The Balaban J connectivity index is 1.39. The lowest BCUT2D eigenvalue weighted by Gasteiger charge is -2.48. The number of ether oxygens (including phenoxy) is 4. The number of rotatable bonds is 7. The van der Waals surface area contributed by atoms with Crippen LogP contribution in [-0.2, 0) is 30.1 Å². The molecule has 7 atom stereocenters. The van der Waals surface area contributed by atoms with Crippen molar-refractivity contribution in [2.24, 2.45) is 0 Å². The van der Waals surface area contributed by atoms with Crippen LogP contribution >= 0.6 is 21.2 Å². The van der Waals surface area contributed by atoms with Gasteiger partial charge in [0.25, 0.3) is 0 Å². The van der Waals surface area contributed by atoms with Crippen molar-refractivity contribution in [3.63, 3.8) is 0 Å². The minimum absolute atomic E-state index is 0.261. The fourth-order valence-corrected chi connectivity index (χ4v) is 5.70. The molecule has 0 radical (unpaired) electrons. The van der Waals surface area contributed by atoms with Crippen molar-refractivity contribution in [1.82, 2.24) is 0 Å². The molecule has 0 aromatic heterocycles. The van der Waals surface area contributed by atoms with Crippen LogP contribution in [0.4, 0.5) is 0 Å². The van der Waals surface area contributed by atoms with E-state index in [2.05, 4.69) is 33.7 Å². The Morgan fingerprint density at radius 3 is 2.18 bits per heavy atom. The second-order valence-electron chi connectivity index (χ2n) is 8.01. The molecule has 172 valence electrons. The summed E-state index contributed by atoms with van der Waals surface area (Å²) < 4.78 is 31.3. The summed E-state index contributed by atoms with van der Waals surface area (Å²) in [5, 5.41) is 0. The normalized spacial score (nSPS) is 29.4. The minimum atomic E-state index is -0.470. The molecule has 5 rings (SSSR count). The number of benzene rings is 3. The number of hydrogen-bond acceptors (Lipinski definition) is 6. The average Bonchev–Trinajstić information content (AvgIpc) is 2.88. The molecule has 0 N–H and O–H groups in total. The van der Waals surface area contributed by atoms with E-state index < -0.39 is 6.29 Å². The van der Waals surface area contributed by atoms with E-state index in [9.17, 15) is 0 Å². The zero-order valence-electron chi connectivity index (χ0n) is 18.1. The van der Waals surface area contributed by atoms with Crippen LogP contribution in [-0.4, -0.2) is 36.5 Å². The summed E-state index contributed by atoms with van der Waals surface area (Å²) in [5.41, 5.74) is 1.80. The Kier molecular flexibility index (Phi) is 7.74. The Bertz CT molecular complexity index is 993. The maximum absolute atomic E-state index is 6.48. The first kappa shape index (κ1) is 23.0. The fraction of sp³-hybridized carbons (Fsp3) is 0.308. The molecule has 2 aliphatic heterocycles. The number of thioether (sulfide) groups is 1. The van der Waals surface area contributed by atoms with Crippen LogP contribution in [0.2, 0.25) is 0 Å². The van der Waals surface area contributed by atoms with Crippen LogP contribution < -0.4 is 0 Å². The van der Waals surface area contributed by atoms with Crippen molar-refractivity contribution in [2.75, 3.05) is 6.61 Å². The predicted octanol–water partition coefficient (Wildman–Crippen LogP) is 5.38. The van der Waals surface area contributed by atoms with E-state index in [1.807, 2.05) is 66.7 Å². The Morgan fingerprint density at radius 2 is 1.48 bits per heavy atom. The van der Waals surface area contributed by atoms with E-state index in [0.717, 1.165) is 16.0 Å². The van der Waals surface area contributed by atoms with Gasteiger partial charge in [-0.15, -0.1) is 0 Å². The zero-order chi connectivity index (χ0) is 22.5. The minimum Gasteiger partial charge on any atom is -0.368 e. The molecule has 0 bridgehead atoms. The van der Waals surface area contributed by atoms with Gasteiger partial charge in [0.15, 0.2) is 6.29 Å². The molecule has 7 heteroatoms. The third-order valence-corrected chi connectivity index (χ3v) is 7.26. The average molecular weight is 483 g/mol. The SMILES string of the molecule is POC1[C@@H](OCc2ccccc2)[C@H]2OC(c3ccccc3)OCC2O[C@H]1Sc1ccccc1. The van der Waals surface area contributed by atoms with Gasteiger partial charge in [0.1, 0.15) is 29.9 Å². The van der Waals surface area contributed by atoms with Gasteiger partial charge in [0, 0.05) is 19.9 Å². The predicted molar refractivity (Wildman–Crippen MR) is 131 cm³/mol. The fourth-order valence-electron chi connectivity index (χ4n) is 4.15. The van der Waals surface area contributed by atoms with Crippen LogP contribution in [0.3, 0.4) is 0 Å². The van der Waals surface area contributed by atoms with E-state index in [1.54, 1.807) is 11.8 Å². The quantitative estimate of drug-likeness (QED) is 0.422. The second-order valence-corrected chi connectivity index (χ2v) is 9.46. The van der Waals surface area contributed by atoms with E-state index in [4.69, 9.17) is 23.5 Å². The van der Waals surface area contributed by atoms with Crippen molar-refractivity contribution in [3.05, 3.63) is 102 Å². The monoisotopic (exact) mass is 482 g/mol.